The van der Waals surface area contributed by atoms with Crippen LogP contribution in [0.2, 0.25) is 0 Å². The molecule has 132 valence electrons. The van der Waals surface area contributed by atoms with Crippen LogP contribution in [-0.4, -0.2) is 26.8 Å². The molecule has 2 heterocycles. The fraction of sp³-hybridized carbons (Fsp3) is 0.200. The Bertz CT molecular complexity index is 1020. The van der Waals surface area contributed by atoms with Crippen molar-refractivity contribution in [2.75, 3.05) is 0 Å². The van der Waals surface area contributed by atoms with Crippen molar-refractivity contribution in [1.29, 1.82) is 0 Å². The van der Waals surface area contributed by atoms with Gasteiger partial charge in [-0.3, -0.25) is 5.21 Å². The minimum absolute atomic E-state index is 0.316. The standard InChI is InChI=1S/C20H19FN4O/c1-3-17-23-24-19(13-8-10-14(21)11-9-13)20(25(17)26)18-12(2)22-16-7-5-4-6-15(16)18/h4-11,20,22,26H,3H2,1-2H3/t20-/m0/s1. The highest BCUT2D eigenvalue weighted by atomic mass is 19.1. The summed E-state index contributed by atoms with van der Waals surface area (Å²) in [6.07, 6.45) is 0.550. The van der Waals surface area contributed by atoms with Crippen LogP contribution in [0.5, 0.6) is 0 Å². The highest BCUT2D eigenvalue weighted by molar-refractivity contribution is 6.09. The molecule has 1 atom stereocenters. The van der Waals surface area contributed by atoms with E-state index in [0.29, 0.717) is 18.0 Å². The van der Waals surface area contributed by atoms with Gasteiger partial charge in [-0.05, 0) is 25.1 Å². The summed E-state index contributed by atoms with van der Waals surface area (Å²) in [6, 6.07) is 13.5. The first kappa shape index (κ1) is 16.5. The Hall–Kier alpha value is -2.99. The molecule has 6 heteroatoms. The van der Waals surface area contributed by atoms with Gasteiger partial charge in [-0.15, -0.1) is 5.10 Å². The first-order chi connectivity index (χ1) is 12.6. The molecule has 2 aromatic carbocycles. The Morgan fingerprint density at radius 1 is 1.12 bits per heavy atom. The minimum atomic E-state index is -0.524. The Morgan fingerprint density at radius 3 is 2.58 bits per heavy atom. The van der Waals surface area contributed by atoms with Gasteiger partial charge in [-0.2, -0.15) is 5.10 Å². The minimum Gasteiger partial charge on any atom is -0.358 e. The number of rotatable bonds is 3. The van der Waals surface area contributed by atoms with E-state index >= 15 is 0 Å². The maximum atomic E-state index is 13.4. The van der Waals surface area contributed by atoms with Crippen LogP contribution in [0.25, 0.3) is 10.9 Å². The van der Waals surface area contributed by atoms with E-state index in [1.54, 1.807) is 12.1 Å². The molecule has 0 spiro atoms. The number of halogens is 1. The number of fused-ring (bicyclic) bond motifs is 1. The van der Waals surface area contributed by atoms with Gasteiger partial charge in [-0.1, -0.05) is 37.3 Å². The van der Waals surface area contributed by atoms with Crippen molar-refractivity contribution in [3.05, 3.63) is 71.2 Å². The zero-order valence-corrected chi connectivity index (χ0v) is 14.6. The van der Waals surface area contributed by atoms with Gasteiger partial charge in [0.05, 0.1) is 0 Å². The number of nitrogens with zero attached hydrogens (tertiary/aromatic N) is 3. The second-order valence-electron chi connectivity index (χ2n) is 6.32. The molecule has 1 aliphatic heterocycles. The molecule has 0 fully saturated rings. The fourth-order valence-electron chi connectivity index (χ4n) is 3.46. The van der Waals surface area contributed by atoms with E-state index in [0.717, 1.165) is 27.7 Å². The lowest BCUT2D eigenvalue weighted by atomic mass is 9.93. The monoisotopic (exact) mass is 350 g/mol. The lowest BCUT2D eigenvalue weighted by Gasteiger charge is -2.32. The average Bonchev–Trinajstić information content (AvgIpc) is 2.98. The van der Waals surface area contributed by atoms with Crippen molar-refractivity contribution < 1.29 is 9.60 Å². The largest absolute Gasteiger partial charge is 0.358 e. The number of amidine groups is 1. The maximum absolute atomic E-state index is 13.4. The van der Waals surface area contributed by atoms with E-state index in [2.05, 4.69) is 15.2 Å². The van der Waals surface area contributed by atoms with Crippen LogP contribution in [-0.2, 0) is 0 Å². The lowest BCUT2D eigenvalue weighted by Crippen LogP contribution is -2.39. The van der Waals surface area contributed by atoms with Crippen molar-refractivity contribution in [2.24, 2.45) is 10.2 Å². The van der Waals surface area contributed by atoms with Gasteiger partial charge in [0, 0.05) is 34.1 Å². The predicted octanol–water partition coefficient (Wildman–Crippen LogP) is 4.57. The Morgan fingerprint density at radius 2 is 1.85 bits per heavy atom. The normalized spacial score (nSPS) is 17.4. The molecule has 0 saturated carbocycles. The number of hydrogen-bond acceptors (Lipinski definition) is 4. The van der Waals surface area contributed by atoms with Crippen molar-refractivity contribution in [1.82, 2.24) is 10.0 Å². The van der Waals surface area contributed by atoms with E-state index in [9.17, 15) is 9.60 Å². The summed E-state index contributed by atoms with van der Waals surface area (Å²) in [5.74, 6) is 0.175. The second kappa shape index (κ2) is 6.38. The number of hydroxylamine groups is 2. The van der Waals surface area contributed by atoms with Gasteiger partial charge in [0.25, 0.3) is 0 Å². The zero-order valence-electron chi connectivity index (χ0n) is 14.6. The second-order valence-corrected chi connectivity index (χ2v) is 6.32. The van der Waals surface area contributed by atoms with E-state index in [1.807, 2.05) is 38.1 Å². The average molecular weight is 350 g/mol. The summed E-state index contributed by atoms with van der Waals surface area (Å²) < 4.78 is 13.4. The van der Waals surface area contributed by atoms with Crippen LogP contribution in [0.1, 0.15) is 36.2 Å². The third kappa shape index (κ3) is 2.59. The smallest absolute Gasteiger partial charge is 0.152 e. The van der Waals surface area contributed by atoms with Crippen molar-refractivity contribution in [3.63, 3.8) is 0 Å². The summed E-state index contributed by atoms with van der Waals surface area (Å²) in [5.41, 5.74) is 4.18. The van der Waals surface area contributed by atoms with Crippen LogP contribution in [0, 0.1) is 12.7 Å². The summed E-state index contributed by atoms with van der Waals surface area (Å²) in [6.45, 7) is 3.89. The van der Waals surface area contributed by atoms with E-state index in [-0.39, 0.29) is 5.82 Å². The van der Waals surface area contributed by atoms with E-state index in [1.165, 1.54) is 17.2 Å². The Labute approximate surface area is 150 Å². The number of benzene rings is 2. The van der Waals surface area contributed by atoms with Gasteiger partial charge in [0.15, 0.2) is 5.84 Å². The van der Waals surface area contributed by atoms with Crippen molar-refractivity contribution >= 4 is 22.5 Å². The molecule has 26 heavy (non-hydrogen) atoms. The number of H-pyrrole nitrogens is 1. The molecule has 0 aliphatic carbocycles. The Balaban J connectivity index is 1.93. The van der Waals surface area contributed by atoms with Gasteiger partial charge in [-0.25, -0.2) is 9.45 Å². The molecule has 3 aromatic rings. The summed E-state index contributed by atoms with van der Waals surface area (Å²) in [4.78, 5) is 3.37. The summed E-state index contributed by atoms with van der Waals surface area (Å²) >= 11 is 0. The van der Waals surface area contributed by atoms with Gasteiger partial charge in [0.2, 0.25) is 0 Å². The van der Waals surface area contributed by atoms with Crippen molar-refractivity contribution in [2.45, 2.75) is 26.3 Å². The topological polar surface area (TPSA) is 64.0 Å². The molecular weight excluding hydrogens is 331 g/mol. The quantitative estimate of drug-likeness (QED) is 0.726. The lowest BCUT2D eigenvalue weighted by molar-refractivity contribution is -0.0373. The number of aryl methyl sites for hydroxylation is 1. The fourth-order valence-corrected chi connectivity index (χ4v) is 3.46. The number of nitrogens with one attached hydrogen (secondary N) is 1. The molecule has 1 aromatic heterocycles. The van der Waals surface area contributed by atoms with E-state index in [4.69, 9.17) is 0 Å². The van der Waals surface area contributed by atoms with Crippen LogP contribution >= 0.6 is 0 Å². The molecule has 0 unspecified atom stereocenters. The molecule has 4 rings (SSSR count). The number of para-hydroxylation sites is 1. The SMILES string of the molecule is CCC1=NN=C(c2ccc(F)cc2)[C@H](c2c(C)[nH]c3ccccc23)N1O. The number of hydrogen-bond donors (Lipinski definition) is 2. The van der Waals surface area contributed by atoms with E-state index < -0.39 is 6.04 Å². The summed E-state index contributed by atoms with van der Waals surface area (Å²) in [5, 5.41) is 21.6. The first-order valence-corrected chi connectivity index (χ1v) is 8.55. The van der Waals surface area contributed by atoms with Crippen LogP contribution in [0.15, 0.2) is 58.7 Å². The van der Waals surface area contributed by atoms with Crippen molar-refractivity contribution in [3.8, 4) is 0 Å². The van der Waals surface area contributed by atoms with Crippen LogP contribution in [0.4, 0.5) is 4.39 Å². The third-order valence-electron chi connectivity index (χ3n) is 4.71. The first-order valence-electron chi connectivity index (χ1n) is 8.55. The highest BCUT2D eigenvalue weighted by Crippen LogP contribution is 2.35. The molecule has 5 nitrogen and oxygen atoms in total. The molecule has 0 radical (unpaired) electrons. The zero-order chi connectivity index (χ0) is 18.3. The Kier molecular flexibility index (Phi) is 4.05. The van der Waals surface area contributed by atoms with Crippen LogP contribution < -0.4 is 0 Å². The molecule has 2 N–H and O–H groups in total. The van der Waals surface area contributed by atoms with Gasteiger partial charge >= 0.3 is 0 Å². The molecule has 1 aliphatic rings. The molecular formula is C20H19FN4O. The predicted molar refractivity (Wildman–Crippen MR) is 100 cm³/mol. The maximum Gasteiger partial charge on any atom is 0.152 e. The third-order valence-corrected chi connectivity index (χ3v) is 4.71. The molecule has 0 saturated heterocycles. The summed E-state index contributed by atoms with van der Waals surface area (Å²) in [7, 11) is 0. The highest BCUT2D eigenvalue weighted by Gasteiger charge is 2.34. The molecule has 0 bridgehead atoms. The van der Waals surface area contributed by atoms with Crippen LogP contribution in [0.3, 0.4) is 0 Å². The number of aromatic amines is 1. The molecule has 0 amide bonds. The number of aromatic nitrogens is 1. The van der Waals surface area contributed by atoms with Gasteiger partial charge < -0.3 is 4.98 Å². The van der Waals surface area contributed by atoms with Gasteiger partial charge in [0.1, 0.15) is 17.6 Å².